The fourth-order valence-electron chi connectivity index (χ4n) is 1.49. The van der Waals surface area contributed by atoms with Gasteiger partial charge in [0.05, 0.1) is 18.5 Å². The van der Waals surface area contributed by atoms with Gasteiger partial charge in [0.25, 0.3) is 0 Å². The number of unbranched alkanes of at least 4 members (excludes halogenated alkanes) is 1. The minimum Gasteiger partial charge on any atom is -0.376 e. The van der Waals surface area contributed by atoms with Gasteiger partial charge in [0.15, 0.2) is 0 Å². The second-order valence-electron chi connectivity index (χ2n) is 3.71. The predicted octanol–water partition coefficient (Wildman–Crippen LogP) is 0.837. The van der Waals surface area contributed by atoms with E-state index in [1.165, 1.54) is 0 Å². The van der Waals surface area contributed by atoms with E-state index in [0.29, 0.717) is 19.7 Å². The highest BCUT2D eigenvalue weighted by Gasteiger charge is 2.26. The summed E-state index contributed by atoms with van der Waals surface area (Å²) in [7, 11) is -3.03. The third-order valence-electron chi connectivity index (χ3n) is 2.35. The fraction of sp³-hybridized carbons (Fsp3) is 1.00. The highest BCUT2D eigenvalue weighted by atomic mass is 32.2. The minimum atomic E-state index is -3.03. The normalized spacial score (nSPS) is 25.1. The molecule has 0 aromatic heterocycles. The van der Waals surface area contributed by atoms with E-state index in [2.05, 4.69) is 0 Å². The Kier molecular flexibility index (Phi) is 4.34. The summed E-state index contributed by atoms with van der Waals surface area (Å²) < 4.78 is 30.4. The Balaban J connectivity index is 2.53. The topological polar surface area (TPSA) is 46.6 Å². The van der Waals surface area contributed by atoms with Crippen LogP contribution in [0.1, 0.15) is 26.7 Å². The van der Waals surface area contributed by atoms with Gasteiger partial charge in [-0.25, -0.2) is 8.42 Å². The van der Waals surface area contributed by atoms with Gasteiger partial charge in [0, 0.05) is 13.1 Å². The second kappa shape index (κ2) is 5.09. The second-order valence-corrected chi connectivity index (χ2v) is 5.80. The molecule has 1 fully saturated rings. The van der Waals surface area contributed by atoms with Crippen molar-refractivity contribution in [3.63, 3.8) is 0 Å². The molecule has 0 amide bonds. The highest BCUT2D eigenvalue weighted by molar-refractivity contribution is 7.89. The first-order valence-corrected chi connectivity index (χ1v) is 6.76. The van der Waals surface area contributed by atoms with Crippen LogP contribution in [0.15, 0.2) is 0 Å². The molecule has 0 spiro atoms. The summed E-state index contributed by atoms with van der Waals surface area (Å²) in [5, 5.41) is 0. The van der Waals surface area contributed by atoms with Gasteiger partial charge in [-0.3, -0.25) is 0 Å². The van der Waals surface area contributed by atoms with E-state index in [9.17, 15) is 8.42 Å². The van der Waals surface area contributed by atoms with Crippen molar-refractivity contribution in [2.75, 3.05) is 25.4 Å². The van der Waals surface area contributed by atoms with Gasteiger partial charge >= 0.3 is 0 Å². The molecule has 0 N–H and O–H groups in total. The van der Waals surface area contributed by atoms with Crippen LogP contribution in [-0.4, -0.2) is 44.3 Å². The molecule has 1 rings (SSSR count). The molecule has 4 nitrogen and oxygen atoms in total. The first kappa shape index (κ1) is 11.9. The summed E-state index contributed by atoms with van der Waals surface area (Å²) in [4.78, 5) is 0. The van der Waals surface area contributed by atoms with Crippen molar-refractivity contribution in [1.29, 1.82) is 0 Å². The summed E-state index contributed by atoms with van der Waals surface area (Å²) >= 11 is 0. The minimum absolute atomic E-state index is 0.0279. The molecule has 84 valence electrons. The van der Waals surface area contributed by atoms with Gasteiger partial charge < -0.3 is 4.74 Å². The lowest BCUT2D eigenvalue weighted by atomic mass is 10.3. The molecule has 0 aliphatic carbocycles. The number of ether oxygens (including phenoxy) is 1. The highest BCUT2D eigenvalue weighted by Crippen LogP contribution is 2.11. The molecule has 0 aromatic carbocycles. The van der Waals surface area contributed by atoms with Gasteiger partial charge in [-0.15, -0.1) is 0 Å². The van der Waals surface area contributed by atoms with E-state index in [1.54, 1.807) is 4.31 Å². The molecule has 1 saturated heterocycles. The zero-order chi connectivity index (χ0) is 10.6. The van der Waals surface area contributed by atoms with Gasteiger partial charge in [0.2, 0.25) is 10.0 Å². The molecule has 1 aliphatic heterocycles. The van der Waals surface area contributed by atoms with E-state index >= 15 is 0 Å². The molecule has 0 aromatic rings. The van der Waals surface area contributed by atoms with Crippen LogP contribution in [0, 0.1) is 0 Å². The quantitative estimate of drug-likeness (QED) is 0.706. The summed E-state index contributed by atoms with van der Waals surface area (Å²) in [6, 6.07) is 0. The molecule has 0 bridgehead atoms. The van der Waals surface area contributed by atoms with Crippen molar-refractivity contribution in [3.05, 3.63) is 0 Å². The summed E-state index contributed by atoms with van der Waals surface area (Å²) in [5.41, 5.74) is 0. The van der Waals surface area contributed by atoms with Crippen LogP contribution in [0.3, 0.4) is 0 Å². The lowest BCUT2D eigenvalue weighted by Gasteiger charge is -2.30. The van der Waals surface area contributed by atoms with Crippen LogP contribution in [-0.2, 0) is 14.8 Å². The molecule has 1 heterocycles. The lowest BCUT2D eigenvalue weighted by Crippen LogP contribution is -2.45. The number of nitrogens with zero attached hydrogens (tertiary/aromatic N) is 1. The largest absolute Gasteiger partial charge is 0.376 e. The number of morpholine rings is 1. The van der Waals surface area contributed by atoms with E-state index in [0.717, 1.165) is 12.8 Å². The molecule has 0 unspecified atom stereocenters. The first-order valence-electron chi connectivity index (χ1n) is 5.15. The zero-order valence-corrected chi connectivity index (χ0v) is 9.72. The molecule has 1 aliphatic rings. The Morgan fingerprint density at radius 1 is 1.50 bits per heavy atom. The lowest BCUT2D eigenvalue weighted by molar-refractivity contribution is 0.0102. The van der Waals surface area contributed by atoms with Gasteiger partial charge in [-0.05, 0) is 13.3 Å². The average Bonchev–Trinajstić information content (AvgIpc) is 2.15. The van der Waals surface area contributed by atoms with Crippen molar-refractivity contribution in [2.45, 2.75) is 32.8 Å². The molecular formula is C9H19NO3S. The third-order valence-corrected chi connectivity index (χ3v) is 4.28. The van der Waals surface area contributed by atoms with Crippen LogP contribution in [0.2, 0.25) is 0 Å². The Bertz CT molecular complexity index is 263. The monoisotopic (exact) mass is 221 g/mol. The third kappa shape index (κ3) is 3.22. The maximum Gasteiger partial charge on any atom is 0.214 e. The molecule has 1 atom stereocenters. The standard InChI is InChI=1S/C9H19NO3S/c1-3-4-7-14(11,12)10-5-6-13-9(2)8-10/h9H,3-8H2,1-2H3/t9-/m1/s1. The van der Waals surface area contributed by atoms with Crippen molar-refractivity contribution in [2.24, 2.45) is 0 Å². The van der Waals surface area contributed by atoms with Gasteiger partial charge in [0.1, 0.15) is 0 Å². The van der Waals surface area contributed by atoms with E-state index < -0.39 is 10.0 Å². The summed E-state index contributed by atoms with van der Waals surface area (Å²) in [6.07, 6.45) is 1.69. The maximum absolute atomic E-state index is 11.8. The van der Waals surface area contributed by atoms with Crippen molar-refractivity contribution in [3.8, 4) is 0 Å². The Morgan fingerprint density at radius 2 is 2.21 bits per heavy atom. The van der Waals surface area contributed by atoms with Gasteiger partial charge in [-0.2, -0.15) is 4.31 Å². The van der Waals surface area contributed by atoms with E-state index in [4.69, 9.17) is 4.74 Å². The van der Waals surface area contributed by atoms with Gasteiger partial charge in [-0.1, -0.05) is 13.3 Å². The molecule has 14 heavy (non-hydrogen) atoms. The number of hydrogen-bond donors (Lipinski definition) is 0. The Labute approximate surface area is 86.3 Å². The average molecular weight is 221 g/mol. The molecule has 0 radical (unpaired) electrons. The Morgan fingerprint density at radius 3 is 2.79 bits per heavy atom. The fourth-order valence-corrected chi connectivity index (χ4v) is 3.20. The van der Waals surface area contributed by atoms with Crippen LogP contribution in [0.5, 0.6) is 0 Å². The molecule has 5 heteroatoms. The van der Waals surface area contributed by atoms with Crippen molar-refractivity contribution < 1.29 is 13.2 Å². The first-order chi connectivity index (χ1) is 6.56. The number of rotatable bonds is 4. The van der Waals surface area contributed by atoms with E-state index in [-0.39, 0.29) is 11.9 Å². The smallest absolute Gasteiger partial charge is 0.214 e. The summed E-state index contributed by atoms with van der Waals surface area (Å²) in [5.74, 6) is 0.274. The van der Waals surface area contributed by atoms with E-state index in [1.807, 2.05) is 13.8 Å². The van der Waals surface area contributed by atoms with Crippen molar-refractivity contribution >= 4 is 10.0 Å². The van der Waals surface area contributed by atoms with Crippen molar-refractivity contribution in [1.82, 2.24) is 4.31 Å². The van der Waals surface area contributed by atoms with Crippen LogP contribution >= 0.6 is 0 Å². The van der Waals surface area contributed by atoms with Crippen LogP contribution in [0.4, 0.5) is 0 Å². The summed E-state index contributed by atoms with van der Waals surface area (Å²) in [6.45, 7) is 5.44. The van der Waals surface area contributed by atoms with Crippen LogP contribution in [0.25, 0.3) is 0 Å². The SMILES string of the molecule is CCCCS(=O)(=O)N1CCO[C@H](C)C1. The molecular weight excluding hydrogens is 202 g/mol. The zero-order valence-electron chi connectivity index (χ0n) is 8.90. The number of hydrogen-bond acceptors (Lipinski definition) is 3. The molecule has 0 saturated carbocycles. The number of sulfonamides is 1. The predicted molar refractivity (Wildman–Crippen MR) is 55.7 cm³/mol. The van der Waals surface area contributed by atoms with Crippen LogP contribution < -0.4 is 0 Å². The maximum atomic E-state index is 11.8. The Hall–Kier alpha value is -0.130.